The number of hydrogen-bond donors (Lipinski definition) is 2. The van der Waals surface area contributed by atoms with E-state index < -0.39 is 18.2 Å². The molecule has 44 heavy (non-hydrogen) atoms. The Hall–Kier alpha value is -2.58. The molecule has 0 aliphatic carbocycles. The Kier molecular flexibility index (Phi) is 21.8. The van der Waals surface area contributed by atoms with Gasteiger partial charge in [0.1, 0.15) is 12.2 Å². The zero-order chi connectivity index (χ0) is 34.7. The average Bonchev–Trinajstić information content (AvgIpc) is 3.32. The summed E-state index contributed by atoms with van der Waals surface area (Å²) in [6, 6.07) is 1.68. The number of anilines is 1. The van der Waals surface area contributed by atoms with Crippen LogP contribution >= 0.6 is 34.5 Å². The molecule has 1 heterocycles. The molecule has 250 valence electrons. The van der Waals surface area contributed by atoms with E-state index in [-0.39, 0.29) is 17.2 Å². The third-order valence-corrected chi connectivity index (χ3v) is 8.56. The molecule has 1 aromatic rings. The molecule has 0 saturated carbocycles. The Balaban J connectivity index is 0. The number of aryl methyl sites for hydroxylation is 1. The van der Waals surface area contributed by atoms with Crippen LogP contribution in [0.25, 0.3) is 0 Å². The highest BCUT2D eigenvalue weighted by molar-refractivity contribution is 7.16. The van der Waals surface area contributed by atoms with Crippen molar-refractivity contribution in [2.24, 2.45) is 0 Å². The molecule has 0 fully saturated rings. The summed E-state index contributed by atoms with van der Waals surface area (Å²) in [6.07, 6.45) is 8.55. The Morgan fingerprint density at radius 1 is 1.14 bits per heavy atom. The van der Waals surface area contributed by atoms with E-state index in [0.29, 0.717) is 36.6 Å². The summed E-state index contributed by atoms with van der Waals surface area (Å²) in [7, 11) is 5.58. The van der Waals surface area contributed by atoms with Crippen LogP contribution in [0.5, 0.6) is 0 Å². The minimum Gasteiger partial charge on any atom is -0.340 e. The van der Waals surface area contributed by atoms with Crippen LogP contribution in [0.1, 0.15) is 65.3 Å². The van der Waals surface area contributed by atoms with Crippen molar-refractivity contribution in [2.45, 2.75) is 72.8 Å². The quantitative estimate of drug-likeness (QED) is 0.102. The van der Waals surface area contributed by atoms with Gasteiger partial charge in [-0.05, 0) is 65.8 Å². The molecule has 1 aromatic heterocycles. The van der Waals surface area contributed by atoms with E-state index in [1.165, 1.54) is 15.9 Å². The van der Waals surface area contributed by atoms with E-state index in [2.05, 4.69) is 49.8 Å². The Morgan fingerprint density at radius 2 is 1.70 bits per heavy atom. The van der Waals surface area contributed by atoms with E-state index in [9.17, 15) is 18.8 Å². The van der Waals surface area contributed by atoms with Crippen molar-refractivity contribution >= 4 is 57.9 Å². The van der Waals surface area contributed by atoms with Gasteiger partial charge in [0, 0.05) is 43.7 Å². The normalized spacial score (nSPS) is 11.8. The van der Waals surface area contributed by atoms with Gasteiger partial charge in [-0.25, -0.2) is 9.18 Å². The smallest absolute Gasteiger partial charge is 0.324 e. The van der Waals surface area contributed by atoms with E-state index in [0.717, 1.165) is 17.1 Å². The van der Waals surface area contributed by atoms with Crippen molar-refractivity contribution in [3.8, 4) is 12.3 Å². The van der Waals surface area contributed by atoms with Gasteiger partial charge in [-0.1, -0.05) is 44.5 Å². The fraction of sp³-hybridized carbons (Fsp3) is 0.594. The molecule has 0 bridgehead atoms. The van der Waals surface area contributed by atoms with E-state index >= 15 is 0 Å². The molecule has 2 N–H and O–H groups in total. The molecular formula is C32H52Cl2FN5O3S. The number of thiophene rings is 1. The lowest BCUT2D eigenvalue weighted by molar-refractivity contribution is -0.145. The molecule has 0 aromatic carbocycles. The van der Waals surface area contributed by atoms with Gasteiger partial charge in [-0.3, -0.25) is 14.9 Å². The standard InChI is InChI=1S/C17H23Cl2FN2OS.C12H25N3O2.C3H4/c1-11-9-14(17(2,3)4)24-15(11)22-16(23)21-13(12(19)10-18)7-5-6-8-20;1-7-15(9-8-13(4)5)11(17)12(2,3)14(6)10-16;1-3-2/h5-6,9H,7-8,10H2,1-4H3,(H2,21,22,23);10H,7-9H2,1-6H3;1H,2H3/b6-5-,13-12-;;. The first kappa shape index (κ1) is 43.5. The summed E-state index contributed by atoms with van der Waals surface area (Å²) in [5.41, 5.74) is 0.700. The average molecular weight is 677 g/mol. The van der Waals surface area contributed by atoms with Crippen molar-refractivity contribution in [1.82, 2.24) is 20.0 Å². The van der Waals surface area contributed by atoms with Crippen molar-refractivity contribution < 1.29 is 18.8 Å². The van der Waals surface area contributed by atoms with Crippen LogP contribution in [-0.2, 0) is 15.0 Å². The van der Waals surface area contributed by atoms with Crippen LogP contribution < -0.4 is 10.6 Å². The first-order valence-electron chi connectivity index (χ1n) is 14.2. The molecule has 0 atom stereocenters. The summed E-state index contributed by atoms with van der Waals surface area (Å²) in [5, 5.41) is 6.65. The first-order valence-corrected chi connectivity index (χ1v) is 15.9. The summed E-state index contributed by atoms with van der Waals surface area (Å²) in [6.45, 7) is 17.0. The van der Waals surface area contributed by atoms with Gasteiger partial charge < -0.3 is 20.0 Å². The van der Waals surface area contributed by atoms with E-state index in [4.69, 9.17) is 23.2 Å². The Bertz CT molecular complexity index is 1140. The topological polar surface area (TPSA) is 85.0 Å². The van der Waals surface area contributed by atoms with Crippen molar-refractivity contribution in [3.63, 3.8) is 0 Å². The second-order valence-electron chi connectivity index (χ2n) is 11.6. The number of nitrogens with one attached hydrogen (secondary N) is 2. The number of halogens is 3. The number of urea groups is 1. The second kappa shape index (κ2) is 22.0. The minimum absolute atomic E-state index is 0.0172. The molecule has 12 heteroatoms. The fourth-order valence-corrected chi connectivity index (χ4v) is 4.63. The van der Waals surface area contributed by atoms with Crippen LogP contribution in [0.4, 0.5) is 14.2 Å². The molecule has 4 amide bonds. The number of allylic oxidation sites excluding steroid dienone is 3. The number of alkyl halides is 2. The number of carbonyl (C=O) groups excluding carboxylic acids is 3. The molecule has 0 radical (unpaired) electrons. The fourth-order valence-electron chi connectivity index (χ4n) is 3.22. The van der Waals surface area contributed by atoms with E-state index in [1.807, 2.05) is 32.8 Å². The third-order valence-electron chi connectivity index (χ3n) is 6.22. The number of amides is 4. The SMILES string of the molecule is C#CC.CCN(CCN(C)C)C(=O)C(C)(C)N(C)C=O.Cc1cc(C(C)(C)C)sc1NC(=O)N/C(C/C=C\CF)=C(\Cl)CCl. The van der Waals surface area contributed by atoms with Crippen molar-refractivity contribution in [2.75, 3.05) is 58.6 Å². The summed E-state index contributed by atoms with van der Waals surface area (Å²) >= 11 is 13.3. The van der Waals surface area contributed by atoms with E-state index in [1.54, 1.807) is 50.1 Å². The largest absolute Gasteiger partial charge is 0.340 e. The lowest BCUT2D eigenvalue weighted by atomic mass is 9.94. The first-order chi connectivity index (χ1) is 20.4. The van der Waals surface area contributed by atoms with Gasteiger partial charge in [0.15, 0.2) is 0 Å². The molecule has 0 saturated heterocycles. The monoisotopic (exact) mass is 675 g/mol. The van der Waals surface area contributed by atoms with Gasteiger partial charge in [-0.15, -0.1) is 35.3 Å². The number of nitrogens with zero attached hydrogens (tertiary/aromatic N) is 3. The number of likely N-dealkylation sites (N-methyl/N-ethyl adjacent to an activating group) is 3. The molecule has 1 rings (SSSR count). The van der Waals surface area contributed by atoms with Crippen molar-refractivity contribution in [1.29, 1.82) is 0 Å². The number of hydrogen-bond acceptors (Lipinski definition) is 5. The Labute approximate surface area is 279 Å². The van der Waals surface area contributed by atoms with Gasteiger partial charge in [0.05, 0.1) is 15.9 Å². The second-order valence-corrected chi connectivity index (χ2v) is 13.3. The third kappa shape index (κ3) is 16.5. The predicted octanol–water partition coefficient (Wildman–Crippen LogP) is 6.98. The van der Waals surface area contributed by atoms with Gasteiger partial charge in [0.2, 0.25) is 12.3 Å². The maximum absolute atomic E-state index is 12.3. The highest BCUT2D eigenvalue weighted by Gasteiger charge is 2.34. The molecule has 8 nitrogen and oxygen atoms in total. The van der Waals surface area contributed by atoms with Crippen LogP contribution in [0.3, 0.4) is 0 Å². The van der Waals surface area contributed by atoms with Crippen LogP contribution in [-0.4, -0.2) is 91.9 Å². The van der Waals surface area contributed by atoms with Gasteiger partial charge in [-0.2, -0.15) is 0 Å². The Morgan fingerprint density at radius 3 is 2.11 bits per heavy atom. The highest BCUT2D eigenvalue weighted by Crippen LogP contribution is 2.35. The summed E-state index contributed by atoms with van der Waals surface area (Å²) in [5.74, 6) is 2.31. The molecule has 0 unspecified atom stereocenters. The van der Waals surface area contributed by atoms with Crippen LogP contribution in [0.2, 0.25) is 0 Å². The molecule has 0 aliphatic rings. The lowest BCUT2D eigenvalue weighted by Crippen LogP contribution is -2.55. The summed E-state index contributed by atoms with van der Waals surface area (Å²) < 4.78 is 12.2. The van der Waals surface area contributed by atoms with Gasteiger partial charge >= 0.3 is 6.03 Å². The van der Waals surface area contributed by atoms with Crippen molar-refractivity contribution in [3.05, 3.63) is 39.4 Å². The molecule has 0 spiro atoms. The zero-order valence-corrected chi connectivity index (χ0v) is 30.6. The maximum Gasteiger partial charge on any atom is 0.324 e. The minimum atomic E-state index is -0.788. The summed E-state index contributed by atoms with van der Waals surface area (Å²) in [4.78, 5) is 41.7. The van der Waals surface area contributed by atoms with Crippen LogP contribution in [0, 0.1) is 19.3 Å². The molecule has 0 aliphatic heterocycles. The zero-order valence-electron chi connectivity index (χ0n) is 28.2. The number of terminal acetylenes is 1. The number of rotatable bonds is 13. The van der Waals surface area contributed by atoms with Gasteiger partial charge in [0.25, 0.3) is 0 Å². The number of carbonyl (C=O) groups is 3. The molecular weight excluding hydrogens is 624 g/mol. The lowest BCUT2D eigenvalue weighted by Gasteiger charge is -2.36. The highest BCUT2D eigenvalue weighted by atomic mass is 35.5. The predicted molar refractivity (Wildman–Crippen MR) is 186 cm³/mol. The van der Waals surface area contributed by atoms with Crippen LogP contribution in [0.15, 0.2) is 28.9 Å². The maximum atomic E-state index is 12.3.